The number of benzene rings is 1. The molecule has 19 heavy (non-hydrogen) atoms. The molecule has 0 bridgehead atoms. The fourth-order valence-corrected chi connectivity index (χ4v) is 1.68. The highest BCUT2D eigenvalue weighted by atomic mass is 127. The number of guanidine groups is 1. The predicted octanol–water partition coefficient (Wildman–Crippen LogP) is 2.15. The van der Waals surface area contributed by atoms with Crippen LogP contribution in [0, 0.1) is 5.82 Å². The normalized spacial score (nSPS) is 15.6. The van der Waals surface area contributed by atoms with Crippen molar-refractivity contribution in [2.24, 2.45) is 4.99 Å². The first-order valence-electron chi connectivity index (χ1n) is 6.18. The first kappa shape index (κ1) is 16.0. The molecule has 1 unspecified atom stereocenters. The van der Waals surface area contributed by atoms with Gasteiger partial charge in [0, 0.05) is 13.1 Å². The van der Waals surface area contributed by atoms with Gasteiger partial charge in [0.15, 0.2) is 5.96 Å². The third kappa shape index (κ3) is 5.63. The maximum absolute atomic E-state index is 12.7. The van der Waals surface area contributed by atoms with Crippen LogP contribution in [0.5, 0.6) is 5.75 Å². The SMILES string of the molecule is CC(CNC1=NCCCN1)Oc1ccc(F)cc1.I. The van der Waals surface area contributed by atoms with Gasteiger partial charge in [0.05, 0.1) is 6.54 Å². The largest absolute Gasteiger partial charge is 0.489 e. The summed E-state index contributed by atoms with van der Waals surface area (Å²) >= 11 is 0. The van der Waals surface area contributed by atoms with Crippen LogP contribution >= 0.6 is 24.0 Å². The van der Waals surface area contributed by atoms with Crippen LogP contribution in [-0.4, -0.2) is 31.7 Å². The molecule has 0 amide bonds. The van der Waals surface area contributed by atoms with E-state index in [1.807, 2.05) is 6.92 Å². The number of ether oxygens (including phenoxy) is 1. The Hall–Kier alpha value is -1.05. The summed E-state index contributed by atoms with van der Waals surface area (Å²) in [5, 5.41) is 6.37. The second-order valence-electron chi connectivity index (χ2n) is 4.27. The minimum Gasteiger partial charge on any atom is -0.489 e. The molecule has 0 saturated carbocycles. The van der Waals surface area contributed by atoms with Crippen molar-refractivity contribution in [1.82, 2.24) is 10.6 Å². The van der Waals surface area contributed by atoms with Crippen molar-refractivity contribution in [2.45, 2.75) is 19.4 Å². The summed E-state index contributed by atoms with van der Waals surface area (Å²) in [6, 6.07) is 6.04. The molecule has 0 aliphatic carbocycles. The van der Waals surface area contributed by atoms with Crippen molar-refractivity contribution in [2.75, 3.05) is 19.6 Å². The molecule has 1 aromatic rings. The molecule has 0 aromatic heterocycles. The molecule has 1 atom stereocenters. The topological polar surface area (TPSA) is 45.7 Å². The highest BCUT2D eigenvalue weighted by molar-refractivity contribution is 14.0. The van der Waals surface area contributed by atoms with Gasteiger partial charge in [0.2, 0.25) is 0 Å². The highest BCUT2D eigenvalue weighted by Gasteiger charge is 2.07. The van der Waals surface area contributed by atoms with Crippen molar-refractivity contribution in [1.29, 1.82) is 0 Å². The van der Waals surface area contributed by atoms with Gasteiger partial charge < -0.3 is 15.4 Å². The Bertz CT molecular complexity index is 411. The lowest BCUT2D eigenvalue weighted by molar-refractivity contribution is 0.223. The van der Waals surface area contributed by atoms with Gasteiger partial charge in [-0.25, -0.2) is 4.39 Å². The van der Waals surface area contributed by atoms with Crippen LogP contribution in [0.1, 0.15) is 13.3 Å². The van der Waals surface area contributed by atoms with Gasteiger partial charge in [-0.15, -0.1) is 24.0 Å². The van der Waals surface area contributed by atoms with Gasteiger partial charge in [-0.1, -0.05) is 0 Å². The third-order valence-electron chi connectivity index (χ3n) is 2.61. The molecular formula is C13H19FIN3O. The van der Waals surface area contributed by atoms with Crippen molar-refractivity contribution < 1.29 is 9.13 Å². The first-order valence-corrected chi connectivity index (χ1v) is 6.18. The molecule has 1 heterocycles. The molecule has 6 heteroatoms. The van der Waals surface area contributed by atoms with Gasteiger partial charge >= 0.3 is 0 Å². The minimum atomic E-state index is -0.256. The van der Waals surface area contributed by atoms with E-state index >= 15 is 0 Å². The summed E-state index contributed by atoms with van der Waals surface area (Å²) in [7, 11) is 0. The summed E-state index contributed by atoms with van der Waals surface area (Å²) in [5.74, 6) is 1.24. The smallest absolute Gasteiger partial charge is 0.191 e. The zero-order valence-corrected chi connectivity index (χ0v) is 13.2. The number of hydrogen-bond acceptors (Lipinski definition) is 4. The average molecular weight is 379 g/mol. The van der Waals surface area contributed by atoms with Crippen LogP contribution in [0.3, 0.4) is 0 Å². The van der Waals surface area contributed by atoms with Gasteiger partial charge in [-0.3, -0.25) is 4.99 Å². The Kier molecular flexibility index (Phi) is 6.90. The van der Waals surface area contributed by atoms with Crippen LogP contribution < -0.4 is 15.4 Å². The second-order valence-corrected chi connectivity index (χ2v) is 4.27. The fourth-order valence-electron chi connectivity index (χ4n) is 1.68. The Balaban J connectivity index is 0.00000180. The Morgan fingerprint density at radius 1 is 1.42 bits per heavy atom. The molecule has 0 radical (unpaired) electrons. The first-order chi connectivity index (χ1) is 8.74. The van der Waals surface area contributed by atoms with E-state index < -0.39 is 0 Å². The zero-order valence-electron chi connectivity index (χ0n) is 10.9. The van der Waals surface area contributed by atoms with Crippen molar-refractivity contribution in [3.8, 4) is 5.75 Å². The second kappa shape index (κ2) is 8.19. The van der Waals surface area contributed by atoms with Crippen molar-refractivity contribution in [3.63, 3.8) is 0 Å². The maximum atomic E-state index is 12.7. The lowest BCUT2D eigenvalue weighted by atomic mass is 10.3. The van der Waals surface area contributed by atoms with E-state index in [0.717, 1.165) is 25.5 Å². The van der Waals surface area contributed by atoms with E-state index in [-0.39, 0.29) is 35.9 Å². The summed E-state index contributed by atoms with van der Waals surface area (Å²) in [4.78, 5) is 4.31. The summed E-state index contributed by atoms with van der Waals surface area (Å²) in [6.07, 6.45) is 1.06. The maximum Gasteiger partial charge on any atom is 0.191 e. The van der Waals surface area contributed by atoms with E-state index in [1.165, 1.54) is 12.1 Å². The molecule has 0 saturated heterocycles. The summed E-state index contributed by atoms with van der Waals surface area (Å²) in [5.41, 5.74) is 0. The zero-order chi connectivity index (χ0) is 12.8. The Labute approximate surface area is 129 Å². The molecule has 2 N–H and O–H groups in total. The van der Waals surface area contributed by atoms with Crippen molar-refractivity contribution in [3.05, 3.63) is 30.1 Å². The molecule has 4 nitrogen and oxygen atoms in total. The molecular weight excluding hydrogens is 360 g/mol. The average Bonchev–Trinajstić information content (AvgIpc) is 2.40. The van der Waals surface area contributed by atoms with Gasteiger partial charge in [-0.05, 0) is 37.6 Å². The molecule has 2 rings (SSSR count). The monoisotopic (exact) mass is 379 g/mol. The summed E-state index contributed by atoms with van der Waals surface area (Å²) < 4.78 is 18.4. The lowest BCUT2D eigenvalue weighted by Gasteiger charge is -2.19. The minimum absolute atomic E-state index is 0. The number of hydrogen-bond donors (Lipinski definition) is 2. The number of nitrogens with zero attached hydrogens (tertiary/aromatic N) is 1. The van der Waals surface area contributed by atoms with E-state index in [1.54, 1.807) is 12.1 Å². The Morgan fingerprint density at radius 3 is 2.79 bits per heavy atom. The van der Waals surface area contributed by atoms with Crippen LogP contribution in [0.2, 0.25) is 0 Å². The van der Waals surface area contributed by atoms with E-state index in [0.29, 0.717) is 12.3 Å². The summed E-state index contributed by atoms with van der Waals surface area (Å²) in [6.45, 7) is 4.44. The predicted molar refractivity (Wildman–Crippen MR) is 84.8 cm³/mol. The molecule has 106 valence electrons. The standard InChI is InChI=1S/C13H18FN3O.HI/c1-10(9-17-13-15-7-2-8-16-13)18-12-5-3-11(14)4-6-12;/h3-6,10H,2,7-9H2,1H3,(H2,15,16,17);1H. The quantitative estimate of drug-likeness (QED) is 0.789. The molecule has 1 aliphatic rings. The van der Waals surface area contributed by atoms with Crippen LogP contribution in [0.25, 0.3) is 0 Å². The highest BCUT2D eigenvalue weighted by Crippen LogP contribution is 2.12. The van der Waals surface area contributed by atoms with Gasteiger partial charge in [0.25, 0.3) is 0 Å². The van der Waals surface area contributed by atoms with Crippen LogP contribution in [-0.2, 0) is 0 Å². The van der Waals surface area contributed by atoms with Crippen LogP contribution in [0.4, 0.5) is 4.39 Å². The molecule has 0 fully saturated rings. The number of nitrogens with one attached hydrogen (secondary N) is 2. The number of rotatable bonds is 4. The van der Waals surface area contributed by atoms with E-state index in [4.69, 9.17) is 4.74 Å². The molecule has 1 aliphatic heterocycles. The van der Waals surface area contributed by atoms with E-state index in [9.17, 15) is 4.39 Å². The van der Waals surface area contributed by atoms with Gasteiger partial charge in [0.1, 0.15) is 17.7 Å². The van der Waals surface area contributed by atoms with E-state index in [2.05, 4.69) is 15.6 Å². The molecule has 1 aromatic carbocycles. The van der Waals surface area contributed by atoms with Gasteiger partial charge in [-0.2, -0.15) is 0 Å². The fraction of sp³-hybridized carbons (Fsp3) is 0.462. The van der Waals surface area contributed by atoms with Crippen LogP contribution in [0.15, 0.2) is 29.3 Å². The number of halogens is 2. The molecule has 0 spiro atoms. The lowest BCUT2D eigenvalue weighted by Crippen LogP contribution is -2.44. The number of aliphatic imine (C=N–C) groups is 1. The van der Waals surface area contributed by atoms with Crippen molar-refractivity contribution >= 4 is 29.9 Å². The third-order valence-corrected chi connectivity index (χ3v) is 2.61. The Morgan fingerprint density at radius 2 is 2.16 bits per heavy atom.